The van der Waals surface area contributed by atoms with E-state index in [4.69, 9.17) is 9.47 Å². The third-order valence-corrected chi connectivity index (χ3v) is 9.84. The first-order chi connectivity index (χ1) is 22.2. The van der Waals surface area contributed by atoms with Gasteiger partial charge in [-0.2, -0.15) is 0 Å². The number of nitrogens with zero attached hydrogens (tertiary/aromatic N) is 2. The Morgan fingerprint density at radius 2 is 0.913 bits per heavy atom. The van der Waals surface area contributed by atoms with Crippen molar-refractivity contribution in [1.82, 2.24) is 9.80 Å². The van der Waals surface area contributed by atoms with Gasteiger partial charge in [0.1, 0.15) is 25.0 Å². The molecule has 0 amide bonds. The lowest BCUT2D eigenvalue weighted by Crippen LogP contribution is -2.39. The number of rotatable bonds is 16. The van der Waals surface area contributed by atoms with E-state index in [9.17, 15) is 19.8 Å². The quantitative estimate of drug-likeness (QED) is 0.219. The second-order valence-electron chi connectivity index (χ2n) is 12.7. The number of ether oxygens (including phenoxy) is 2. The molecule has 2 fully saturated rings. The van der Waals surface area contributed by atoms with Crippen molar-refractivity contribution < 1.29 is 29.3 Å². The number of benzene rings is 2. The molecule has 0 aliphatic heterocycles. The van der Waals surface area contributed by atoms with Crippen molar-refractivity contribution in [2.45, 2.75) is 102 Å². The van der Waals surface area contributed by atoms with E-state index in [0.29, 0.717) is 38.9 Å². The summed E-state index contributed by atoms with van der Waals surface area (Å²) < 4.78 is 11.1. The first-order valence-electron chi connectivity index (χ1n) is 17.5. The minimum Gasteiger partial charge on any atom is -0.464 e. The maximum Gasteiger partial charge on any atom is 0.316 e. The second kappa shape index (κ2) is 19.1. The second-order valence-corrected chi connectivity index (χ2v) is 12.7. The van der Waals surface area contributed by atoms with Gasteiger partial charge in [-0.1, -0.05) is 114 Å². The molecular formula is C38H58N2O6. The number of carbonyl (C=O) groups is 2. The Balaban J connectivity index is 0.000000250. The largest absolute Gasteiger partial charge is 0.464 e. The molecule has 4 rings (SSSR count). The average Bonchev–Trinajstić information content (AvgIpc) is 3.71. The van der Waals surface area contributed by atoms with Gasteiger partial charge in [0.05, 0.1) is 11.2 Å². The van der Waals surface area contributed by atoms with E-state index < -0.39 is 23.0 Å². The summed E-state index contributed by atoms with van der Waals surface area (Å²) in [6.07, 6.45) is 6.52. The van der Waals surface area contributed by atoms with Crippen LogP contribution in [0.3, 0.4) is 0 Å². The Labute approximate surface area is 277 Å². The highest BCUT2D eigenvalue weighted by Gasteiger charge is 2.46. The summed E-state index contributed by atoms with van der Waals surface area (Å²) in [5, 5.41) is 21.9. The van der Waals surface area contributed by atoms with Crippen molar-refractivity contribution in [3.05, 3.63) is 71.8 Å². The van der Waals surface area contributed by atoms with E-state index in [2.05, 4.69) is 37.5 Å². The van der Waals surface area contributed by atoms with E-state index in [0.717, 1.165) is 76.1 Å². The van der Waals surface area contributed by atoms with E-state index in [1.807, 2.05) is 60.7 Å². The summed E-state index contributed by atoms with van der Waals surface area (Å²) >= 11 is 0. The predicted molar refractivity (Wildman–Crippen MR) is 183 cm³/mol. The lowest BCUT2D eigenvalue weighted by atomic mass is 9.81. The zero-order valence-electron chi connectivity index (χ0n) is 28.7. The molecule has 0 aromatic heterocycles. The van der Waals surface area contributed by atoms with Gasteiger partial charge in [0.15, 0.2) is 0 Å². The number of esters is 2. The molecule has 2 aliphatic rings. The van der Waals surface area contributed by atoms with Crippen LogP contribution in [-0.2, 0) is 19.1 Å². The Bertz CT molecular complexity index is 1050. The summed E-state index contributed by atoms with van der Waals surface area (Å²) in [6, 6.07) is 19.1. The molecule has 0 heterocycles. The number of aliphatic hydroxyl groups is 2. The third-order valence-electron chi connectivity index (χ3n) is 9.84. The highest BCUT2D eigenvalue weighted by Crippen LogP contribution is 2.43. The fourth-order valence-electron chi connectivity index (χ4n) is 6.97. The Kier molecular flexibility index (Phi) is 15.7. The maximum atomic E-state index is 12.7. The van der Waals surface area contributed by atoms with Crippen molar-refractivity contribution in [3.63, 3.8) is 0 Å². The molecule has 2 aromatic carbocycles. The van der Waals surface area contributed by atoms with Crippen LogP contribution in [0.15, 0.2) is 60.7 Å². The first kappa shape index (κ1) is 37.7. The van der Waals surface area contributed by atoms with Crippen LogP contribution in [0.1, 0.15) is 102 Å². The molecule has 2 unspecified atom stereocenters. The van der Waals surface area contributed by atoms with Crippen molar-refractivity contribution in [2.75, 3.05) is 52.5 Å². The molecule has 2 N–H and O–H groups in total. The van der Waals surface area contributed by atoms with Crippen LogP contribution < -0.4 is 0 Å². The van der Waals surface area contributed by atoms with Gasteiger partial charge in [0.2, 0.25) is 0 Å². The van der Waals surface area contributed by atoms with Crippen LogP contribution in [-0.4, -0.2) is 95.6 Å². The van der Waals surface area contributed by atoms with Gasteiger partial charge >= 0.3 is 11.9 Å². The zero-order valence-corrected chi connectivity index (χ0v) is 28.7. The van der Waals surface area contributed by atoms with Crippen LogP contribution in [0.2, 0.25) is 0 Å². The normalized spacial score (nSPS) is 18.1. The fourth-order valence-corrected chi connectivity index (χ4v) is 6.97. The third kappa shape index (κ3) is 10.6. The minimum absolute atomic E-state index is 0.298. The number of hydrogen-bond donors (Lipinski definition) is 2. The average molecular weight is 639 g/mol. The first-order valence-corrected chi connectivity index (χ1v) is 17.5. The van der Waals surface area contributed by atoms with E-state index >= 15 is 0 Å². The molecule has 0 saturated heterocycles. The predicted octanol–water partition coefficient (Wildman–Crippen LogP) is 5.92. The number of hydrogen-bond acceptors (Lipinski definition) is 8. The smallest absolute Gasteiger partial charge is 0.316 e. The zero-order chi connectivity index (χ0) is 33.4. The minimum atomic E-state index is -0.965. The lowest BCUT2D eigenvalue weighted by Gasteiger charge is -2.31. The highest BCUT2D eigenvalue weighted by molar-refractivity contribution is 5.80. The molecular weight excluding hydrogens is 580 g/mol. The van der Waals surface area contributed by atoms with Gasteiger partial charge in [-0.05, 0) is 63.0 Å². The summed E-state index contributed by atoms with van der Waals surface area (Å²) in [7, 11) is 0. The van der Waals surface area contributed by atoms with Crippen LogP contribution in [0.25, 0.3) is 0 Å². The van der Waals surface area contributed by atoms with Crippen LogP contribution in [0.4, 0.5) is 0 Å². The van der Waals surface area contributed by atoms with Crippen molar-refractivity contribution in [1.29, 1.82) is 0 Å². The lowest BCUT2D eigenvalue weighted by molar-refractivity contribution is -0.154. The van der Waals surface area contributed by atoms with Gasteiger partial charge in [-0.25, -0.2) is 0 Å². The molecule has 256 valence electrons. The summed E-state index contributed by atoms with van der Waals surface area (Å²) in [6.45, 7) is 14.4. The molecule has 8 nitrogen and oxygen atoms in total. The van der Waals surface area contributed by atoms with Crippen molar-refractivity contribution >= 4 is 11.9 Å². The van der Waals surface area contributed by atoms with E-state index in [1.54, 1.807) is 0 Å². The van der Waals surface area contributed by atoms with Gasteiger partial charge in [0.25, 0.3) is 0 Å². The summed E-state index contributed by atoms with van der Waals surface area (Å²) in [4.78, 5) is 29.8. The summed E-state index contributed by atoms with van der Waals surface area (Å²) in [5.41, 5.74) is -0.226. The van der Waals surface area contributed by atoms with Crippen LogP contribution in [0.5, 0.6) is 0 Å². The molecule has 0 spiro atoms. The fraction of sp³-hybridized carbons (Fsp3) is 0.632. The molecule has 46 heavy (non-hydrogen) atoms. The highest BCUT2D eigenvalue weighted by atomic mass is 16.5. The molecule has 2 saturated carbocycles. The molecule has 0 bridgehead atoms. The standard InChI is InChI=1S/2C19H29NO3/c2*1-3-20(4-2)14-15-23-18(21)17(16-10-6-5-7-11-16)19(22)12-8-9-13-19/h2*5-7,10-11,17,22H,3-4,8-9,12-15H2,1-2H3. The molecule has 2 atom stereocenters. The molecule has 0 radical (unpaired) electrons. The van der Waals surface area contributed by atoms with E-state index in [1.165, 1.54) is 0 Å². The Hall–Kier alpha value is -2.78. The molecule has 8 heteroatoms. The number of likely N-dealkylation sites (N-methyl/N-ethyl adjacent to an activating group) is 2. The SMILES string of the molecule is CCN(CC)CCOC(=O)C(c1ccccc1)C1(O)CCCC1.CCN(CC)CCOC(=O)C(c1ccccc1)C1(O)CCCC1. The van der Waals surface area contributed by atoms with Gasteiger partial charge in [-0.3, -0.25) is 9.59 Å². The molecule has 2 aromatic rings. The monoisotopic (exact) mass is 638 g/mol. The topological polar surface area (TPSA) is 99.5 Å². The van der Waals surface area contributed by atoms with Gasteiger partial charge < -0.3 is 29.5 Å². The Morgan fingerprint density at radius 3 is 1.20 bits per heavy atom. The van der Waals surface area contributed by atoms with Crippen LogP contribution >= 0.6 is 0 Å². The molecule has 2 aliphatic carbocycles. The van der Waals surface area contributed by atoms with Crippen molar-refractivity contribution in [2.24, 2.45) is 0 Å². The van der Waals surface area contributed by atoms with Crippen molar-refractivity contribution in [3.8, 4) is 0 Å². The van der Waals surface area contributed by atoms with E-state index in [-0.39, 0.29) is 11.9 Å². The van der Waals surface area contributed by atoms with Crippen LogP contribution in [0, 0.1) is 0 Å². The number of carbonyl (C=O) groups excluding carboxylic acids is 2. The Morgan fingerprint density at radius 1 is 0.609 bits per heavy atom. The van der Waals surface area contributed by atoms with Gasteiger partial charge in [-0.15, -0.1) is 0 Å². The summed E-state index contributed by atoms with van der Waals surface area (Å²) in [5.74, 6) is -1.76. The van der Waals surface area contributed by atoms with Gasteiger partial charge in [0, 0.05) is 13.1 Å². The maximum absolute atomic E-state index is 12.7.